The molecule has 136 valence electrons. The molecule has 27 heavy (non-hydrogen) atoms. The molecule has 0 unspecified atom stereocenters. The van der Waals surface area contributed by atoms with E-state index < -0.39 is 0 Å². The largest absolute Gasteiger partial charge is 0.491 e. The van der Waals surface area contributed by atoms with E-state index in [4.69, 9.17) is 4.74 Å². The van der Waals surface area contributed by atoms with Gasteiger partial charge in [0.15, 0.2) is 0 Å². The molecule has 0 radical (unpaired) electrons. The number of hydrogen-bond acceptors (Lipinski definition) is 2. The van der Waals surface area contributed by atoms with E-state index in [1.54, 1.807) is 12.1 Å². The molecule has 4 aromatic rings. The predicted octanol–water partition coefficient (Wildman–Crippen LogP) is 5.54. The molecule has 0 spiro atoms. The van der Waals surface area contributed by atoms with E-state index in [0.717, 1.165) is 22.3 Å². The Balaban J connectivity index is 1.66. The maximum atomic E-state index is 14.4. The average Bonchev–Trinajstić information content (AvgIpc) is 3.02. The third-order valence-corrected chi connectivity index (χ3v) is 4.67. The molecule has 0 bridgehead atoms. The second kappa shape index (κ2) is 7.23. The Morgan fingerprint density at radius 3 is 2.56 bits per heavy atom. The number of ether oxygens (including phenoxy) is 1. The fourth-order valence-electron chi connectivity index (χ4n) is 3.36. The highest BCUT2D eigenvalue weighted by atomic mass is 19.1. The Morgan fingerprint density at radius 1 is 0.963 bits per heavy atom. The normalized spacial score (nSPS) is 11.1. The second-order valence-corrected chi connectivity index (χ2v) is 6.67. The van der Waals surface area contributed by atoms with Crippen molar-refractivity contribution >= 4 is 11.0 Å². The van der Waals surface area contributed by atoms with Crippen LogP contribution < -0.4 is 4.74 Å². The first-order chi connectivity index (χ1) is 13.1. The van der Waals surface area contributed by atoms with E-state index >= 15 is 0 Å². The maximum absolute atomic E-state index is 14.4. The zero-order valence-corrected chi connectivity index (χ0v) is 15.4. The minimum absolute atomic E-state index is 0.274. The van der Waals surface area contributed by atoms with Gasteiger partial charge in [0.1, 0.15) is 24.0 Å². The van der Waals surface area contributed by atoms with Crippen molar-refractivity contribution in [1.29, 1.82) is 0 Å². The SMILES string of the molecule is Cc1ccc(OCCn2c(-c3ccccc3F)nc3ccccc32)c(C)c1. The van der Waals surface area contributed by atoms with Crippen LogP contribution in [0, 0.1) is 19.7 Å². The highest BCUT2D eigenvalue weighted by Crippen LogP contribution is 2.27. The Hall–Kier alpha value is -3.14. The lowest BCUT2D eigenvalue weighted by Crippen LogP contribution is -2.10. The lowest BCUT2D eigenvalue weighted by molar-refractivity contribution is 0.299. The number of aromatic nitrogens is 2. The van der Waals surface area contributed by atoms with Crippen LogP contribution in [0.3, 0.4) is 0 Å². The van der Waals surface area contributed by atoms with Crippen LogP contribution in [-0.2, 0) is 6.54 Å². The number of benzene rings is 3. The van der Waals surface area contributed by atoms with E-state index in [1.165, 1.54) is 11.6 Å². The highest BCUT2D eigenvalue weighted by molar-refractivity contribution is 5.80. The quantitative estimate of drug-likeness (QED) is 0.467. The summed E-state index contributed by atoms with van der Waals surface area (Å²) in [5, 5.41) is 0. The van der Waals surface area contributed by atoms with Gasteiger partial charge in [0.2, 0.25) is 0 Å². The molecule has 0 aliphatic heterocycles. The van der Waals surface area contributed by atoms with Crippen molar-refractivity contribution in [3.05, 3.63) is 83.7 Å². The molecule has 0 aliphatic rings. The van der Waals surface area contributed by atoms with Crippen molar-refractivity contribution in [2.45, 2.75) is 20.4 Å². The van der Waals surface area contributed by atoms with Crippen LogP contribution in [0.2, 0.25) is 0 Å². The summed E-state index contributed by atoms with van der Waals surface area (Å²) in [6.07, 6.45) is 0. The molecule has 4 rings (SSSR count). The van der Waals surface area contributed by atoms with Crippen molar-refractivity contribution in [3.63, 3.8) is 0 Å². The summed E-state index contributed by atoms with van der Waals surface area (Å²) in [5.41, 5.74) is 4.64. The average molecular weight is 360 g/mol. The number of aryl methyl sites for hydroxylation is 2. The van der Waals surface area contributed by atoms with E-state index in [2.05, 4.69) is 18.0 Å². The van der Waals surface area contributed by atoms with Crippen molar-refractivity contribution in [3.8, 4) is 17.1 Å². The van der Waals surface area contributed by atoms with Gasteiger partial charge in [-0.3, -0.25) is 0 Å². The molecule has 1 aromatic heterocycles. The van der Waals surface area contributed by atoms with Gasteiger partial charge in [0.25, 0.3) is 0 Å². The highest BCUT2D eigenvalue weighted by Gasteiger charge is 2.15. The van der Waals surface area contributed by atoms with Crippen LogP contribution >= 0.6 is 0 Å². The first-order valence-corrected chi connectivity index (χ1v) is 9.04. The minimum Gasteiger partial charge on any atom is -0.491 e. The smallest absolute Gasteiger partial charge is 0.144 e. The molecule has 3 nitrogen and oxygen atoms in total. The lowest BCUT2D eigenvalue weighted by Gasteiger charge is -2.13. The molecule has 0 saturated heterocycles. The summed E-state index contributed by atoms with van der Waals surface area (Å²) in [5.74, 6) is 1.22. The molecule has 0 aliphatic carbocycles. The molecule has 4 heteroatoms. The van der Waals surface area contributed by atoms with Gasteiger partial charge in [-0.1, -0.05) is 42.0 Å². The van der Waals surface area contributed by atoms with E-state index in [1.807, 2.05) is 54.0 Å². The molecule has 0 atom stereocenters. The number of imidazole rings is 1. The fourth-order valence-corrected chi connectivity index (χ4v) is 3.36. The van der Waals surface area contributed by atoms with Gasteiger partial charge in [-0.05, 0) is 49.7 Å². The zero-order chi connectivity index (χ0) is 18.8. The second-order valence-electron chi connectivity index (χ2n) is 6.67. The summed E-state index contributed by atoms with van der Waals surface area (Å²) in [6, 6.07) is 20.7. The molecular formula is C23H21FN2O. The number of hydrogen-bond donors (Lipinski definition) is 0. The summed E-state index contributed by atoms with van der Waals surface area (Å²) < 4.78 is 22.4. The third-order valence-electron chi connectivity index (χ3n) is 4.67. The summed E-state index contributed by atoms with van der Waals surface area (Å²) in [7, 11) is 0. The van der Waals surface area contributed by atoms with Gasteiger partial charge in [-0.2, -0.15) is 0 Å². The van der Waals surface area contributed by atoms with Crippen molar-refractivity contribution in [2.75, 3.05) is 6.61 Å². The Labute approximate surface area is 158 Å². The zero-order valence-electron chi connectivity index (χ0n) is 15.4. The fraction of sp³-hybridized carbons (Fsp3) is 0.174. The van der Waals surface area contributed by atoms with Gasteiger partial charge < -0.3 is 9.30 Å². The molecule has 0 fully saturated rings. The van der Waals surface area contributed by atoms with Crippen molar-refractivity contribution < 1.29 is 9.13 Å². The number of rotatable bonds is 5. The van der Waals surface area contributed by atoms with E-state index in [-0.39, 0.29) is 5.82 Å². The summed E-state index contributed by atoms with van der Waals surface area (Å²) in [4.78, 5) is 4.67. The number of nitrogens with zero attached hydrogens (tertiary/aromatic N) is 2. The van der Waals surface area contributed by atoms with Crippen LogP contribution in [0.5, 0.6) is 5.75 Å². The molecule has 1 heterocycles. The van der Waals surface area contributed by atoms with Crippen molar-refractivity contribution in [1.82, 2.24) is 9.55 Å². The maximum Gasteiger partial charge on any atom is 0.144 e. The molecule has 3 aromatic carbocycles. The van der Waals surface area contributed by atoms with Gasteiger partial charge in [-0.25, -0.2) is 9.37 Å². The van der Waals surface area contributed by atoms with Gasteiger partial charge in [-0.15, -0.1) is 0 Å². The number of halogens is 1. The van der Waals surface area contributed by atoms with Gasteiger partial charge in [0, 0.05) is 0 Å². The molecule has 0 saturated carbocycles. The summed E-state index contributed by atoms with van der Waals surface area (Å²) in [6.45, 7) is 5.16. The Morgan fingerprint density at radius 2 is 1.74 bits per heavy atom. The molecule has 0 amide bonds. The van der Waals surface area contributed by atoms with Crippen LogP contribution in [0.4, 0.5) is 4.39 Å². The van der Waals surface area contributed by atoms with Crippen LogP contribution in [0.15, 0.2) is 66.7 Å². The molecular weight excluding hydrogens is 339 g/mol. The van der Waals surface area contributed by atoms with E-state index in [9.17, 15) is 4.39 Å². The Kier molecular flexibility index (Phi) is 4.63. The standard InChI is InChI=1S/C23H21FN2O/c1-16-11-12-22(17(2)15-16)27-14-13-26-21-10-6-5-9-20(21)25-23(26)18-7-3-4-8-19(18)24/h3-12,15H,13-14H2,1-2H3. The van der Waals surface area contributed by atoms with E-state index in [0.29, 0.717) is 24.5 Å². The first kappa shape index (κ1) is 17.3. The van der Waals surface area contributed by atoms with Crippen LogP contribution in [0.1, 0.15) is 11.1 Å². The van der Waals surface area contributed by atoms with Crippen molar-refractivity contribution in [2.24, 2.45) is 0 Å². The predicted molar refractivity (Wildman–Crippen MR) is 107 cm³/mol. The number of para-hydroxylation sites is 2. The van der Waals surface area contributed by atoms with Crippen LogP contribution in [-0.4, -0.2) is 16.2 Å². The van der Waals surface area contributed by atoms with Gasteiger partial charge in [0.05, 0.1) is 23.1 Å². The summed E-state index contributed by atoms with van der Waals surface area (Å²) >= 11 is 0. The van der Waals surface area contributed by atoms with Crippen LogP contribution in [0.25, 0.3) is 22.4 Å². The topological polar surface area (TPSA) is 27.1 Å². The lowest BCUT2D eigenvalue weighted by atomic mass is 10.1. The number of fused-ring (bicyclic) bond motifs is 1. The van der Waals surface area contributed by atoms with Gasteiger partial charge >= 0.3 is 0 Å². The Bertz CT molecular complexity index is 1100. The monoisotopic (exact) mass is 360 g/mol. The third kappa shape index (κ3) is 3.43. The minimum atomic E-state index is -0.274. The first-order valence-electron chi connectivity index (χ1n) is 9.04. The molecule has 0 N–H and O–H groups in total.